The highest BCUT2D eigenvalue weighted by atomic mass is 16.5. The molecule has 0 radical (unpaired) electrons. The maximum atomic E-state index is 12.4. The number of para-hydroxylation sites is 2. The van der Waals surface area contributed by atoms with E-state index < -0.39 is 18.3 Å². The van der Waals surface area contributed by atoms with Crippen molar-refractivity contribution in [1.29, 1.82) is 5.26 Å². The number of aromatic nitrogens is 2. The van der Waals surface area contributed by atoms with Gasteiger partial charge in [0.2, 0.25) is 0 Å². The number of carbonyl (C=O) groups is 2. The van der Waals surface area contributed by atoms with Crippen molar-refractivity contribution >= 4 is 34.2 Å². The number of fused-ring (bicyclic) bond motifs is 1. The van der Waals surface area contributed by atoms with Crippen LogP contribution in [0.2, 0.25) is 0 Å². The molecule has 0 aliphatic rings. The van der Waals surface area contributed by atoms with Crippen LogP contribution in [0.4, 0.5) is 5.69 Å². The number of methoxy groups -OCH3 is 1. The van der Waals surface area contributed by atoms with E-state index >= 15 is 0 Å². The summed E-state index contributed by atoms with van der Waals surface area (Å²) in [5, 5.41) is 22.5. The predicted molar refractivity (Wildman–Crippen MR) is 135 cm³/mol. The van der Waals surface area contributed by atoms with Crippen LogP contribution in [0, 0.1) is 11.3 Å². The molecule has 0 saturated heterocycles. The van der Waals surface area contributed by atoms with E-state index in [4.69, 9.17) is 14.2 Å². The van der Waals surface area contributed by atoms with Crippen molar-refractivity contribution in [3.05, 3.63) is 89.9 Å². The molecular formula is C27H22N4O6. The Morgan fingerprint density at radius 3 is 2.54 bits per heavy atom. The van der Waals surface area contributed by atoms with Crippen molar-refractivity contribution in [2.24, 2.45) is 0 Å². The monoisotopic (exact) mass is 498 g/mol. The molecule has 0 saturated carbocycles. The maximum Gasteiger partial charge on any atom is 0.338 e. The van der Waals surface area contributed by atoms with Crippen LogP contribution >= 0.6 is 0 Å². The molecule has 3 N–H and O–H groups in total. The lowest BCUT2D eigenvalue weighted by Crippen LogP contribution is -2.20. The van der Waals surface area contributed by atoms with E-state index in [1.807, 2.05) is 12.1 Å². The number of amides is 1. The van der Waals surface area contributed by atoms with Gasteiger partial charge in [0.25, 0.3) is 5.91 Å². The Kier molecular flexibility index (Phi) is 7.66. The second kappa shape index (κ2) is 11.4. The fraction of sp³-hybridized carbons (Fsp3) is 0.111. The summed E-state index contributed by atoms with van der Waals surface area (Å²) < 4.78 is 15.7. The molecule has 4 rings (SSSR count). The number of nitrogens with zero attached hydrogens (tertiary/aromatic N) is 2. The summed E-state index contributed by atoms with van der Waals surface area (Å²) in [6, 6.07) is 21.9. The molecule has 186 valence electrons. The van der Waals surface area contributed by atoms with Gasteiger partial charge in [-0.15, -0.1) is 0 Å². The van der Waals surface area contributed by atoms with Gasteiger partial charge < -0.3 is 29.6 Å². The van der Waals surface area contributed by atoms with Crippen LogP contribution < -0.4 is 14.8 Å². The molecule has 1 aromatic heterocycles. The highest BCUT2D eigenvalue weighted by molar-refractivity contribution is 5.92. The molecule has 37 heavy (non-hydrogen) atoms. The Morgan fingerprint density at radius 2 is 1.81 bits per heavy atom. The number of aromatic amines is 1. The van der Waals surface area contributed by atoms with E-state index in [-0.39, 0.29) is 29.5 Å². The Balaban J connectivity index is 1.31. The number of benzene rings is 3. The lowest BCUT2D eigenvalue weighted by atomic mass is 10.2. The van der Waals surface area contributed by atoms with Gasteiger partial charge in [-0.3, -0.25) is 4.79 Å². The van der Waals surface area contributed by atoms with Crippen molar-refractivity contribution in [3.8, 4) is 17.6 Å². The molecule has 3 aromatic carbocycles. The van der Waals surface area contributed by atoms with Gasteiger partial charge in [-0.25, -0.2) is 9.78 Å². The number of aliphatic hydroxyl groups excluding tert-OH is 1. The highest BCUT2D eigenvalue weighted by Gasteiger charge is 2.16. The summed E-state index contributed by atoms with van der Waals surface area (Å²) in [6.07, 6.45) is 0. The van der Waals surface area contributed by atoms with E-state index in [0.717, 1.165) is 0 Å². The zero-order valence-electron chi connectivity index (χ0n) is 19.7. The minimum Gasteiger partial charge on any atom is -0.507 e. The van der Waals surface area contributed by atoms with Gasteiger partial charge in [-0.05, 0) is 48.5 Å². The van der Waals surface area contributed by atoms with Crippen molar-refractivity contribution in [3.63, 3.8) is 0 Å². The first-order valence-corrected chi connectivity index (χ1v) is 11.1. The molecule has 1 amide bonds. The normalized spacial score (nSPS) is 11.2. The van der Waals surface area contributed by atoms with Crippen LogP contribution in [-0.2, 0) is 9.53 Å². The number of carbonyl (C=O) groups excluding carboxylic acids is 2. The van der Waals surface area contributed by atoms with Crippen LogP contribution in [0.3, 0.4) is 0 Å². The number of allylic oxidation sites excluding steroid dienone is 1. The van der Waals surface area contributed by atoms with Gasteiger partial charge in [0.1, 0.15) is 29.7 Å². The summed E-state index contributed by atoms with van der Waals surface area (Å²) in [5.41, 5.74) is 1.98. The van der Waals surface area contributed by atoms with Gasteiger partial charge in [-0.2, -0.15) is 5.26 Å². The van der Waals surface area contributed by atoms with Crippen molar-refractivity contribution in [2.75, 3.05) is 25.6 Å². The number of hydrogen-bond donors (Lipinski definition) is 3. The summed E-state index contributed by atoms with van der Waals surface area (Å²) in [5.74, 6) is -0.348. The minimum atomic E-state index is -0.712. The zero-order chi connectivity index (χ0) is 26.2. The number of nitriles is 1. The zero-order valence-corrected chi connectivity index (χ0v) is 19.7. The Bertz CT molecular complexity index is 1470. The summed E-state index contributed by atoms with van der Waals surface area (Å²) >= 11 is 0. The van der Waals surface area contributed by atoms with Crippen LogP contribution in [0.15, 0.2) is 78.6 Å². The van der Waals surface area contributed by atoms with Crippen molar-refractivity contribution in [1.82, 2.24) is 9.97 Å². The Morgan fingerprint density at radius 1 is 1.03 bits per heavy atom. The molecule has 0 spiro atoms. The average Bonchev–Trinajstić information content (AvgIpc) is 3.35. The molecule has 10 heteroatoms. The van der Waals surface area contributed by atoms with E-state index in [9.17, 15) is 20.0 Å². The minimum absolute atomic E-state index is 0.125. The first-order valence-electron chi connectivity index (χ1n) is 11.1. The van der Waals surface area contributed by atoms with Gasteiger partial charge in [0.05, 0.1) is 23.7 Å². The van der Waals surface area contributed by atoms with E-state index in [0.29, 0.717) is 28.2 Å². The fourth-order valence-electron chi connectivity index (χ4n) is 3.35. The van der Waals surface area contributed by atoms with E-state index in [2.05, 4.69) is 15.3 Å². The molecule has 0 aliphatic carbocycles. The topological polar surface area (TPSA) is 147 Å². The average molecular weight is 498 g/mol. The number of nitrogens with one attached hydrogen (secondary N) is 2. The van der Waals surface area contributed by atoms with Crippen LogP contribution in [0.5, 0.6) is 11.5 Å². The molecule has 0 aliphatic heterocycles. The summed E-state index contributed by atoms with van der Waals surface area (Å²) in [6.45, 7) is -0.750. The molecule has 1 heterocycles. The predicted octanol–water partition coefficient (Wildman–Crippen LogP) is 4.24. The number of rotatable bonds is 9. The lowest BCUT2D eigenvalue weighted by Gasteiger charge is -2.09. The Labute approximate surface area is 211 Å². The number of anilines is 1. The van der Waals surface area contributed by atoms with Crippen molar-refractivity contribution < 1.29 is 28.9 Å². The maximum absolute atomic E-state index is 12.4. The van der Waals surface area contributed by atoms with Gasteiger partial charge in [0.15, 0.2) is 18.2 Å². The first-order chi connectivity index (χ1) is 18.0. The summed E-state index contributed by atoms with van der Waals surface area (Å²) in [7, 11) is 1.54. The van der Waals surface area contributed by atoms with Crippen LogP contribution in [0.25, 0.3) is 16.6 Å². The van der Waals surface area contributed by atoms with E-state index in [1.54, 1.807) is 42.5 Å². The molecule has 0 bridgehead atoms. The molecule has 0 atom stereocenters. The number of ether oxygens (including phenoxy) is 3. The second-order valence-electron chi connectivity index (χ2n) is 7.71. The third-order valence-corrected chi connectivity index (χ3v) is 5.18. The van der Waals surface area contributed by atoms with Crippen LogP contribution in [-0.4, -0.2) is 47.3 Å². The lowest BCUT2D eigenvalue weighted by molar-refractivity contribution is -0.118. The Hall–Kier alpha value is -5.30. The standard InChI is InChI=1S/C27H22N4O6/c1-35-20-6-4-5-18(13-20)29-25(33)16-36-19-11-9-17(10-12-19)27(34)37-15-24(32)21(14-28)26-30-22-7-2-3-8-23(22)31-26/h2-13,32H,15-16H2,1H3,(H,29,33)(H,30,31)/b24-21-. The highest BCUT2D eigenvalue weighted by Crippen LogP contribution is 2.20. The third kappa shape index (κ3) is 6.23. The summed E-state index contributed by atoms with van der Waals surface area (Å²) in [4.78, 5) is 31.8. The van der Waals surface area contributed by atoms with Crippen molar-refractivity contribution in [2.45, 2.75) is 0 Å². The molecule has 10 nitrogen and oxygen atoms in total. The smallest absolute Gasteiger partial charge is 0.338 e. The quantitative estimate of drug-likeness (QED) is 0.176. The molecule has 0 fully saturated rings. The SMILES string of the molecule is COc1cccc(NC(=O)COc2ccc(C(=O)OC/C(O)=C(\C#N)c3nc4ccccc4[nH]3)cc2)c1. The van der Waals surface area contributed by atoms with Gasteiger partial charge in [-0.1, -0.05) is 18.2 Å². The number of H-pyrrole nitrogens is 1. The number of aliphatic hydroxyl groups is 1. The molecular weight excluding hydrogens is 476 g/mol. The van der Waals surface area contributed by atoms with Gasteiger partial charge in [0, 0.05) is 11.8 Å². The number of esters is 1. The molecule has 4 aromatic rings. The largest absolute Gasteiger partial charge is 0.507 e. The van der Waals surface area contributed by atoms with Gasteiger partial charge >= 0.3 is 5.97 Å². The van der Waals surface area contributed by atoms with Crippen LogP contribution in [0.1, 0.15) is 16.2 Å². The third-order valence-electron chi connectivity index (χ3n) is 5.18. The second-order valence-corrected chi connectivity index (χ2v) is 7.71. The number of hydrogen-bond acceptors (Lipinski definition) is 8. The fourth-order valence-corrected chi connectivity index (χ4v) is 3.35. The first kappa shape index (κ1) is 24.8. The number of imidazole rings is 1. The molecule has 0 unspecified atom stereocenters. The van der Waals surface area contributed by atoms with E-state index in [1.165, 1.54) is 31.4 Å².